The first kappa shape index (κ1) is 14.8. The van der Waals surface area contributed by atoms with E-state index >= 15 is 0 Å². The van der Waals surface area contributed by atoms with Crippen molar-refractivity contribution in [2.75, 3.05) is 0 Å². The van der Waals surface area contributed by atoms with E-state index in [0.717, 1.165) is 30.8 Å². The number of halogens is 3. The van der Waals surface area contributed by atoms with Gasteiger partial charge in [0.15, 0.2) is 5.82 Å². The predicted molar refractivity (Wildman–Crippen MR) is 75.7 cm³/mol. The number of benzene rings is 1. The Kier molecular flexibility index (Phi) is 3.32. The minimum atomic E-state index is -4.41. The van der Waals surface area contributed by atoms with E-state index in [9.17, 15) is 13.2 Å². The fourth-order valence-electron chi connectivity index (χ4n) is 2.30. The number of hydrogen-bond donors (Lipinski definition) is 1. The van der Waals surface area contributed by atoms with Gasteiger partial charge in [0.2, 0.25) is 5.82 Å². The van der Waals surface area contributed by atoms with Crippen molar-refractivity contribution in [3.63, 3.8) is 0 Å². The van der Waals surface area contributed by atoms with Crippen molar-refractivity contribution in [1.29, 1.82) is 0 Å². The number of rotatable bonds is 4. The van der Waals surface area contributed by atoms with Gasteiger partial charge in [-0.2, -0.15) is 23.1 Å². The number of H-pyrrole nitrogens is 1. The van der Waals surface area contributed by atoms with E-state index in [1.165, 1.54) is 16.9 Å². The lowest BCUT2D eigenvalue weighted by atomic mass is 10.1. The van der Waals surface area contributed by atoms with Crippen LogP contribution in [0.4, 0.5) is 13.2 Å². The summed E-state index contributed by atoms with van der Waals surface area (Å²) in [5, 5.41) is 18.7. The second-order valence-corrected chi connectivity index (χ2v) is 5.64. The van der Waals surface area contributed by atoms with Gasteiger partial charge < -0.3 is 0 Å². The van der Waals surface area contributed by atoms with Gasteiger partial charge in [-0.3, -0.25) is 5.10 Å². The first-order chi connectivity index (χ1) is 11.5. The fraction of sp³-hybridized carbons (Fsp3) is 0.357. The molecule has 24 heavy (non-hydrogen) atoms. The quantitative estimate of drug-likeness (QED) is 0.791. The van der Waals surface area contributed by atoms with Gasteiger partial charge in [0.05, 0.1) is 5.56 Å². The average Bonchev–Trinajstić information content (AvgIpc) is 3.12. The highest BCUT2D eigenvalue weighted by Gasteiger charge is 2.31. The molecule has 7 nitrogen and oxygen atoms in total. The predicted octanol–water partition coefficient (Wildman–Crippen LogP) is 2.40. The Morgan fingerprint density at radius 2 is 2.08 bits per heavy atom. The molecule has 1 aromatic carbocycles. The number of tetrazole rings is 1. The third-order valence-corrected chi connectivity index (χ3v) is 3.68. The summed E-state index contributed by atoms with van der Waals surface area (Å²) < 4.78 is 38.3. The van der Waals surface area contributed by atoms with E-state index in [1.807, 2.05) is 0 Å². The number of aromatic nitrogens is 7. The molecule has 1 aliphatic rings. The molecule has 0 bridgehead atoms. The second-order valence-electron chi connectivity index (χ2n) is 5.64. The summed E-state index contributed by atoms with van der Waals surface area (Å²) in [6.45, 7) is 0.228. The molecule has 0 spiro atoms. The molecular weight excluding hydrogens is 323 g/mol. The molecule has 2 aromatic heterocycles. The Labute approximate surface area is 133 Å². The molecule has 1 aliphatic carbocycles. The second kappa shape index (κ2) is 5.39. The first-order valence-corrected chi connectivity index (χ1v) is 7.35. The highest BCUT2D eigenvalue weighted by molar-refractivity contribution is 5.55. The molecule has 1 saturated carbocycles. The van der Waals surface area contributed by atoms with Gasteiger partial charge in [-0.05, 0) is 30.2 Å². The zero-order valence-corrected chi connectivity index (χ0v) is 12.3. The van der Waals surface area contributed by atoms with Gasteiger partial charge in [0.25, 0.3) is 0 Å². The van der Waals surface area contributed by atoms with Crippen LogP contribution in [0.15, 0.2) is 24.3 Å². The molecule has 0 aliphatic heterocycles. The van der Waals surface area contributed by atoms with E-state index in [1.54, 1.807) is 0 Å². The Hall–Kier alpha value is -2.78. The smallest absolute Gasteiger partial charge is 0.261 e. The van der Waals surface area contributed by atoms with Crippen LogP contribution in [-0.2, 0) is 12.7 Å². The zero-order valence-electron chi connectivity index (χ0n) is 12.3. The van der Waals surface area contributed by atoms with Crippen molar-refractivity contribution in [3.8, 4) is 11.4 Å². The van der Waals surface area contributed by atoms with E-state index in [2.05, 4.69) is 30.6 Å². The summed E-state index contributed by atoms with van der Waals surface area (Å²) in [6.07, 6.45) is -2.22. The van der Waals surface area contributed by atoms with Gasteiger partial charge >= 0.3 is 6.18 Å². The molecule has 0 atom stereocenters. The summed E-state index contributed by atoms with van der Waals surface area (Å²) >= 11 is 0. The van der Waals surface area contributed by atoms with Gasteiger partial charge in [-0.15, -0.1) is 10.2 Å². The van der Waals surface area contributed by atoms with Gasteiger partial charge in [0, 0.05) is 11.5 Å². The maximum absolute atomic E-state index is 12.8. The average molecular weight is 335 g/mol. The number of aromatic amines is 1. The van der Waals surface area contributed by atoms with Crippen LogP contribution in [0.25, 0.3) is 11.4 Å². The largest absolute Gasteiger partial charge is 0.416 e. The van der Waals surface area contributed by atoms with Crippen LogP contribution >= 0.6 is 0 Å². The van der Waals surface area contributed by atoms with E-state index < -0.39 is 11.7 Å². The maximum atomic E-state index is 12.8. The molecule has 4 rings (SSSR count). The van der Waals surface area contributed by atoms with Crippen molar-refractivity contribution in [2.45, 2.75) is 31.5 Å². The normalized spacial score (nSPS) is 15.0. The van der Waals surface area contributed by atoms with Gasteiger partial charge in [0.1, 0.15) is 12.4 Å². The minimum absolute atomic E-state index is 0.128. The lowest BCUT2D eigenvalue weighted by Gasteiger charge is -2.06. The molecule has 2 heterocycles. The van der Waals surface area contributed by atoms with Crippen LogP contribution in [-0.4, -0.2) is 35.4 Å². The SMILES string of the molecule is FC(F)(F)c1cccc(-c2nnn(Cc3nc(C4CC4)n[nH]3)n2)c1. The van der Waals surface area contributed by atoms with Crippen molar-refractivity contribution < 1.29 is 13.2 Å². The highest BCUT2D eigenvalue weighted by Crippen LogP contribution is 2.37. The van der Waals surface area contributed by atoms with Crippen molar-refractivity contribution >= 4 is 0 Å². The van der Waals surface area contributed by atoms with Crippen molar-refractivity contribution in [1.82, 2.24) is 35.4 Å². The summed E-state index contributed by atoms with van der Waals surface area (Å²) in [5.74, 6) is 1.93. The molecule has 1 N–H and O–H groups in total. The maximum Gasteiger partial charge on any atom is 0.416 e. The molecule has 0 unspecified atom stereocenters. The molecule has 0 radical (unpaired) electrons. The van der Waals surface area contributed by atoms with E-state index in [4.69, 9.17) is 0 Å². The van der Waals surface area contributed by atoms with Crippen LogP contribution in [0.5, 0.6) is 0 Å². The lowest BCUT2D eigenvalue weighted by molar-refractivity contribution is -0.137. The van der Waals surface area contributed by atoms with Crippen LogP contribution in [0.1, 0.15) is 36.0 Å². The van der Waals surface area contributed by atoms with Crippen molar-refractivity contribution in [3.05, 3.63) is 41.5 Å². The third kappa shape index (κ3) is 2.99. The zero-order chi connectivity index (χ0) is 16.7. The molecule has 0 saturated heterocycles. The van der Waals surface area contributed by atoms with E-state index in [-0.39, 0.29) is 17.9 Å². The topological polar surface area (TPSA) is 85.2 Å². The van der Waals surface area contributed by atoms with E-state index in [0.29, 0.717) is 11.7 Å². The monoisotopic (exact) mass is 335 g/mol. The molecule has 3 aromatic rings. The van der Waals surface area contributed by atoms with Crippen LogP contribution in [0, 0.1) is 0 Å². The van der Waals surface area contributed by atoms with Crippen LogP contribution < -0.4 is 0 Å². The number of nitrogens with zero attached hydrogens (tertiary/aromatic N) is 6. The Morgan fingerprint density at radius 3 is 2.83 bits per heavy atom. The molecule has 124 valence electrons. The molecule has 10 heteroatoms. The summed E-state index contributed by atoms with van der Waals surface area (Å²) in [7, 11) is 0. The Bertz CT molecular complexity index is 863. The number of nitrogens with one attached hydrogen (secondary N) is 1. The molecular formula is C14H12F3N7. The molecule has 1 fully saturated rings. The number of alkyl halides is 3. The summed E-state index contributed by atoms with van der Waals surface area (Å²) in [5.41, 5.74) is -0.493. The first-order valence-electron chi connectivity index (χ1n) is 7.35. The minimum Gasteiger partial charge on any atom is -0.261 e. The van der Waals surface area contributed by atoms with Crippen molar-refractivity contribution in [2.24, 2.45) is 0 Å². The van der Waals surface area contributed by atoms with Gasteiger partial charge in [-0.1, -0.05) is 12.1 Å². The summed E-state index contributed by atoms with van der Waals surface area (Å²) in [4.78, 5) is 5.62. The van der Waals surface area contributed by atoms with Crippen LogP contribution in [0.2, 0.25) is 0 Å². The standard InChI is InChI=1S/C14H12F3N7/c15-14(16,17)10-3-1-2-9(6-10)13-21-23-24(22-13)7-11-18-12(20-19-11)8-4-5-8/h1-3,6,8H,4-5,7H2,(H,18,19,20). The summed E-state index contributed by atoms with van der Waals surface area (Å²) in [6, 6.07) is 4.83. The van der Waals surface area contributed by atoms with Crippen LogP contribution in [0.3, 0.4) is 0 Å². The lowest BCUT2D eigenvalue weighted by Crippen LogP contribution is -2.06. The highest BCUT2D eigenvalue weighted by atomic mass is 19.4. The third-order valence-electron chi connectivity index (χ3n) is 3.68. The number of hydrogen-bond acceptors (Lipinski definition) is 5. The Balaban J connectivity index is 1.53. The Morgan fingerprint density at radius 1 is 1.25 bits per heavy atom. The fourth-order valence-corrected chi connectivity index (χ4v) is 2.30. The molecule has 0 amide bonds. The van der Waals surface area contributed by atoms with Gasteiger partial charge in [-0.25, -0.2) is 4.98 Å².